The van der Waals surface area contributed by atoms with Gasteiger partial charge in [0.15, 0.2) is 6.39 Å². The molecule has 0 radical (unpaired) electrons. The molecule has 0 bridgehead atoms. The first-order chi connectivity index (χ1) is 5.47. The van der Waals surface area contributed by atoms with Crippen molar-refractivity contribution in [2.75, 3.05) is 6.54 Å². The standard InChI is InChI=1S/C8H12N2O.ClH/c1-2-4-9-7(3-1)8-5-11-6-10-8;/h5-7,9H,1-4H2;1H/t7-;/m1./s1. The SMILES string of the molecule is Cl.c1nc([C@H]2CCCCN2)co1. The zero-order chi connectivity index (χ0) is 7.52. The molecule has 1 aliphatic rings. The quantitative estimate of drug-likeness (QED) is 0.732. The van der Waals surface area contributed by atoms with Gasteiger partial charge in [0.25, 0.3) is 0 Å². The van der Waals surface area contributed by atoms with Crippen molar-refractivity contribution >= 4 is 12.4 Å². The molecule has 2 heterocycles. The molecular formula is C8H13ClN2O. The van der Waals surface area contributed by atoms with Crippen LogP contribution in [0.5, 0.6) is 0 Å². The van der Waals surface area contributed by atoms with E-state index >= 15 is 0 Å². The Balaban J connectivity index is 0.000000720. The maximum absolute atomic E-state index is 4.92. The maximum atomic E-state index is 4.92. The molecular weight excluding hydrogens is 176 g/mol. The van der Waals surface area contributed by atoms with Crippen molar-refractivity contribution in [2.24, 2.45) is 0 Å². The number of rotatable bonds is 1. The predicted molar refractivity (Wildman–Crippen MR) is 48.3 cm³/mol. The van der Waals surface area contributed by atoms with Crippen molar-refractivity contribution in [3.05, 3.63) is 18.4 Å². The maximum Gasteiger partial charge on any atom is 0.180 e. The normalized spacial score (nSPS) is 23.2. The van der Waals surface area contributed by atoms with Crippen LogP contribution in [0.4, 0.5) is 0 Å². The molecule has 2 rings (SSSR count). The third kappa shape index (κ3) is 1.99. The van der Waals surface area contributed by atoms with Crippen LogP contribution in [0.25, 0.3) is 0 Å². The van der Waals surface area contributed by atoms with E-state index in [4.69, 9.17) is 4.42 Å². The van der Waals surface area contributed by atoms with E-state index in [0.717, 1.165) is 12.2 Å². The number of oxazole rings is 1. The highest BCUT2D eigenvalue weighted by Crippen LogP contribution is 2.20. The summed E-state index contributed by atoms with van der Waals surface area (Å²) in [7, 11) is 0. The van der Waals surface area contributed by atoms with E-state index in [9.17, 15) is 0 Å². The van der Waals surface area contributed by atoms with Crippen LogP contribution < -0.4 is 5.32 Å². The highest BCUT2D eigenvalue weighted by molar-refractivity contribution is 5.85. The summed E-state index contributed by atoms with van der Waals surface area (Å²) in [4.78, 5) is 4.11. The van der Waals surface area contributed by atoms with Crippen molar-refractivity contribution in [3.8, 4) is 0 Å². The number of nitrogens with one attached hydrogen (secondary N) is 1. The summed E-state index contributed by atoms with van der Waals surface area (Å²) in [5.41, 5.74) is 1.05. The average molecular weight is 189 g/mol. The second-order valence-electron chi connectivity index (χ2n) is 2.92. The summed E-state index contributed by atoms with van der Waals surface area (Å²) in [5, 5.41) is 3.40. The van der Waals surface area contributed by atoms with Crippen LogP contribution in [0.15, 0.2) is 17.1 Å². The van der Waals surface area contributed by atoms with Gasteiger partial charge in [0.2, 0.25) is 0 Å². The second-order valence-corrected chi connectivity index (χ2v) is 2.92. The monoisotopic (exact) mass is 188 g/mol. The smallest absolute Gasteiger partial charge is 0.180 e. The van der Waals surface area contributed by atoms with Gasteiger partial charge in [-0.2, -0.15) is 0 Å². The van der Waals surface area contributed by atoms with Gasteiger partial charge < -0.3 is 9.73 Å². The Morgan fingerprint density at radius 2 is 2.42 bits per heavy atom. The first-order valence-electron chi connectivity index (χ1n) is 4.08. The lowest BCUT2D eigenvalue weighted by molar-refractivity contribution is 0.404. The molecule has 3 nitrogen and oxygen atoms in total. The fourth-order valence-corrected chi connectivity index (χ4v) is 1.50. The minimum absolute atomic E-state index is 0. The van der Waals surface area contributed by atoms with E-state index < -0.39 is 0 Å². The number of hydrogen-bond donors (Lipinski definition) is 1. The fraction of sp³-hybridized carbons (Fsp3) is 0.625. The topological polar surface area (TPSA) is 38.1 Å². The molecule has 1 aromatic heterocycles. The Morgan fingerprint density at radius 3 is 3.00 bits per heavy atom. The third-order valence-corrected chi connectivity index (χ3v) is 2.12. The van der Waals surface area contributed by atoms with Crippen molar-refractivity contribution in [3.63, 3.8) is 0 Å². The van der Waals surface area contributed by atoms with E-state index in [1.165, 1.54) is 25.7 Å². The van der Waals surface area contributed by atoms with Crippen LogP contribution in [0.1, 0.15) is 31.0 Å². The number of nitrogens with zero attached hydrogens (tertiary/aromatic N) is 1. The molecule has 0 aromatic carbocycles. The first kappa shape index (κ1) is 9.55. The van der Waals surface area contributed by atoms with Gasteiger partial charge in [-0.15, -0.1) is 12.4 Å². The summed E-state index contributed by atoms with van der Waals surface area (Å²) in [5.74, 6) is 0. The zero-order valence-corrected chi connectivity index (χ0v) is 7.64. The van der Waals surface area contributed by atoms with E-state index in [1.807, 2.05) is 0 Å². The van der Waals surface area contributed by atoms with Gasteiger partial charge in [0, 0.05) is 0 Å². The van der Waals surface area contributed by atoms with E-state index in [0.29, 0.717) is 6.04 Å². The van der Waals surface area contributed by atoms with Crippen molar-refractivity contribution in [2.45, 2.75) is 25.3 Å². The minimum Gasteiger partial charge on any atom is -0.451 e. The van der Waals surface area contributed by atoms with Crippen molar-refractivity contribution in [1.82, 2.24) is 10.3 Å². The molecule has 1 aromatic rings. The van der Waals surface area contributed by atoms with Gasteiger partial charge in [-0.05, 0) is 19.4 Å². The summed E-state index contributed by atoms with van der Waals surface area (Å²) >= 11 is 0. The summed E-state index contributed by atoms with van der Waals surface area (Å²) in [6.07, 6.45) is 6.99. The Hall–Kier alpha value is -0.540. The molecule has 1 fully saturated rings. The second kappa shape index (κ2) is 4.48. The van der Waals surface area contributed by atoms with Gasteiger partial charge >= 0.3 is 0 Å². The number of hydrogen-bond acceptors (Lipinski definition) is 3. The Labute approximate surface area is 78.0 Å². The molecule has 68 valence electrons. The van der Waals surface area contributed by atoms with Crippen LogP contribution in [-0.4, -0.2) is 11.5 Å². The highest BCUT2D eigenvalue weighted by Gasteiger charge is 2.16. The highest BCUT2D eigenvalue weighted by atomic mass is 35.5. The lowest BCUT2D eigenvalue weighted by Crippen LogP contribution is -2.26. The van der Waals surface area contributed by atoms with Gasteiger partial charge in [0.05, 0.1) is 11.7 Å². The van der Waals surface area contributed by atoms with Crippen molar-refractivity contribution < 1.29 is 4.42 Å². The molecule has 1 atom stereocenters. The van der Waals surface area contributed by atoms with E-state index in [-0.39, 0.29) is 12.4 Å². The largest absolute Gasteiger partial charge is 0.451 e. The Morgan fingerprint density at radius 1 is 1.50 bits per heavy atom. The van der Waals surface area contributed by atoms with Crippen molar-refractivity contribution in [1.29, 1.82) is 0 Å². The van der Waals surface area contributed by atoms with Gasteiger partial charge in [-0.3, -0.25) is 0 Å². The molecule has 0 spiro atoms. The minimum atomic E-state index is 0. The molecule has 0 aliphatic carbocycles. The lowest BCUT2D eigenvalue weighted by Gasteiger charge is -2.20. The fourth-order valence-electron chi connectivity index (χ4n) is 1.50. The van der Waals surface area contributed by atoms with Crippen LogP contribution in [0, 0.1) is 0 Å². The molecule has 0 saturated carbocycles. The van der Waals surface area contributed by atoms with Gasteiger partial charge in [0.1, 0.15) is 6.26 Å². The van der Waals surface area contributed by atoms with Crippen LogP contribution in [0.3, 0.4) is 0 Å². The Bertz CT molecular complexity index is 207. The third-order valence-electron chi connectivity index (χ3n) is 2.12. The number of aromatic nitrogens is 1. The average Bonchev–Trinajstić information content (AvgIpc) is 2.58. The summed E-state index contributed by atoms with van der Waals surface area (Å²) < 4.78 is 4.92. The van der Waals surface area contributed by atoms with Crippen LogP contribution in [-0.2, 0) is 0 Å². The number of halogens is 1. The molecule has 1 aliphatic heterocycles. The van der Waals surface area contributed by atoms with E-state index in [2.05, 4.69) is 10.3 Å². The summed E-state index contributed by atoms with van der Waals surface area (Å²) in [6, 6.07) is 0.433. The summed E-state index contributed by atoms with van der Waals surface area (Å²) in [6.45, 7) is 1.11. The molecule has 4 heteroatoms. The zero-order valence-electron chi connectivity index (χ0n) is 6.82. The molecule has 0 amide bonds. The van der Waals surface area contributed by atoms with Crippen LogP contribution in [0.2, 0.25) is 0 Å². The first-order valence-corrected chi connectivity index (χ1v) is 4.08. The van der Waals surface area contributed by atoms with Crippen LogP contribution >= 0.6 is 12.4 Å². The van der Waals surface area contributed by atoms with E-state index in [1.54, 1.807) is 6.26 Å². The van der Waals surface area contributed by atoms with Gasteiger partial charge in [-0.25, -0.2) is 4.98 Å². The lowest BCUT2D eigenvalue weighted by atomic mass is 10.0. The predicted octanol–water partition coefficient (Wildman–Crippen LogP) is 1.91. The van der Waals surface area contributed by atoms with Gasteiger partial charge in [-0.1, -0.05) is 6.42 Å². The molecule has 1 N–H and O–H groups in total. The molecule has 0 unspecified atom stereocenters. The molecule has 12 heavy (non-hydrogen) atoms. The number of piperidine rings is 1. The molecule has 1 saturated heterocycles. The Kier molecular flexibility index (Phi) is 3.56.